The zero-order valence-corrected chi connectivity index (χ0v) is 6.47. The van der Waals surface area contributed by atoms with Crippen molar-refractivity contribution in [3.05, 3.63) is 5.69 Å². The summed E-state index contributed by atoms with van der Waals surface area (Å²) in [5, 5.41) is 10.1. The fourth-order valence-electron chi connectivity index (χ4n) is 0.791. The standard InChI is InChI=1S/C6H12N4/c1-6(2,3)4-5(7)9-10-8-4/h1-3H3,(H3,7,8,9,10). The smallest absolute Gasteiger partial charge is 0.169 e. The normalized spacial score (nSPS) is 11.9. The maximum absolute atomic E-state index is 5.52. The average molecular weight is 140 g/mol. The van der Waals surface area contributed by atoms with E-state index in [2.05, 4.69) is 15.4 Å². The first kappa shape index (κ1) is 7.05. The summed E-state index contributed by atoms with van der Waals surface area (Å²) < 4.78 is 0. The van der Waals surface area contributed by atoms with Crippen molar-refractivity contribution in [3.8, 4) is 0 Å². The summed E-state index contributed by atoms with van der Waals surface area (Å²) in [5.74, 6) is 0.493. The zero-order valence-electron chi connectivity index (χ0n) is 6.47. The second-order valence-electron chi connectivity index (χ2n) is 3.31. The molecule has 0 fully saturated rings. The molecule has 0 spiro atoms. The molecule has 0 amide bonds. The minimum atomic E-state index is -0.0168. The van der Waals surface area contributed by atoms with Crippen LogP contribution in [0.3, 0.4) is 0 Å². The van der Waals surface area contributed by atoms with Crippen molar-refractivity contribution in [3.63, 3.8) is 0 Å². The summed E-state index contributed by atoms with van der Waals surface area (Å²) >= 11 is 0. The van der Waals surface area contributed by atoms with Gasteiger partial charge >= 0.3 is 0 Å². The molecular formula is C6H12N4. The van der Waals surface area contributed by atoms with Crippen molar-refractivity contribution in [1.82, 2.24) is 15.4 Å². The van der Waals surface area contributed by atoms with Crippen molar-refractivity contribution >= 4 is 5.82 Å². The van der Waals surface area contributed by atoms with Gasteiger partial charge in [0.25, 0.3) is 0 Å². The molecule has 0 saturated heterocycles. The molecule has 1 heterocycles. The Hall–Kier alpha value is -1.06. The van der Waals surface area contributed by atoms with E-state index in [1.807, 2.05) is 20.8 Å². The Balaban J connectivity index is 3.05. The third-order valence-electron chi connectivity index (χ3n) is 1.29. The van der Waals surface area contributed by atoms with Crippen molar-refractivity contribution < 1.29 is 0 Å². The predicted molar refractivity (Wildman–Crippen MR) is 39.5 cm³/mol. The summed E-state index contributed by atoms with van der Waals surface area (Å²) in [6.45, 7) is 6.13. The molecule has 0 aliphatic carbocycles. The van der Waals surface area contributed by atoms with E-state index in [4.69, 9.17) is 5.73 Å². The van der Waals surface area contributed by atoms with Gasteiger partial charge in [-0.15, -0.1) is 5.10 Å². The molecule has 0 aromatic carbocycles. The van der Waals surface area contributed by atoms with Gasteiger partial charge in [-0.3, -0.25) is 0 Å². The van der Waals surface area contributed by atoms with E-state index in [0.717, 1.165) is 5.69 Å². The van der Waals surface area contributed by atoms with Crippen LogP contribution in [0.4, 0.5) is 5.82 Å². The third kappa shape index (κ3) is 1.10. The Morgan fingerprint density at radius 1 is 1.30 bits per heavy atom. The topological polar surface area (TPSA) is 67.6 Å². The van der Waals surface area contributed by atoms with Gasteiger partial charge in [-0.2, -0.15) is 10.3 Å². The number of hydrogen-bond donors (Lipinski definition) is 2. The van der Waals surface area contributed by atoms with E-state index in [0.29, 0.717) is 5.82 Å². The van der Waals surface area contributed by atoms with E-state index in [-0.39, 0.29) is 5.41 Å². The van der Waals surface area contributed by atoms with Crippen LogP contribution >= 0.6 is 0 Å². The molecule has 4 nitrogen and oxygen atoms in total. The molecule has 0 unspecified atom stereocenters. The second-order valence-corrected chi connectivity index (χ2v) is 3.31. The van der Waals surface area contributed by atoms with Crippen LogP contribution in [-0.2, 0) is 5.41 Å². The van der Waals surface area contributed by atoms with Gasteiger partial charge in [0.1, 0.15) is 5.69 Å². The molecule has 0 radical (unpaired) electrons. The van der Waals surface area contributed by atoms with Crippen LogP contribution in [-0.4, -0.2) is 15.4 Å². The van der Waals surface area contributed by atoms with Crippen LogP contribution in [0.15, 0.2) is 0 Å². The summed E-state index contributed by atoms with van der Waals surface area (Å²) in [4.78, 5) is 0. The Bertz CT molecular complexity index is 220. The number of anilines is 1. The zero-order chi connectivity index (χ0) is 7.78. The SMILES string of the molecule is CC(C)(C)c1n[nH]nc1N. The Morgan fingerprint density at radius 2 is 1.90 bits per heavy atom. The number of aromatic amines is 1. The fraction of sp³-hybridized carbons (Fsp3) is 0.667. The number of H-pyrrole nitrogens is 1. The van der Waals surface area contributed by atoms with E-state index in [9.17, 15) is 0 Å². The molecule has 10 heavy (non-hydrogen) atoms. The van der Waals surface area contributed by atoms with Crippen molar-refractivity contribution in [1.29, 1.82) is 0 Å². The molecule has 1 aromatic heterocycles. The third-order valence-corrected chi connectivity index (χ3v) is 1.29. The van der Waals surface area contributed by atoms with E-state index >= 15 is 0 Å². The fourth-order valence-corrected chi connectivity index (χ4v) is 0.791. The van der Waals surface area contributed by atoms with Crippen LogP contribution in [0.1, 0.15) is 26.5 Å². The maximum atomic E-state index is 5.52. The molecule has 4 heteroatoms. The van der Waals surface area contributed by atoms with Gasteiger partial charge in [0.05, 0.1) is 0 Å². The largest absolute Gasteiger partial charge is 0.381 e. The van der Waals surface area contributed by atoms with E-state index in [1.54, 1.807) is 0 Å². The highest BCUT2D eigenvalue weighted by atomic mass is 15.3. The highest BCUT2D eigenvalue weighted by molar-refractivity contribution is 5.36. The first-order chi connectivity index (χ1) is 4.52. The molecule has 3 N–H and O–H groups in total. The average Bonchev–Trinajstić information content (AvgIpc) is 2.11. The quantitative estimate of drug-likeness (QED) is 0.557. The first-order valence-corrected chi connectivity index (χ1v) is 3.18. The van der Waals surface area contributed by atoms with Crippen LogP contribution in [0, 0.1) is 0 Å². The second kappa shape index (κ2) is 1.97. The Morgan fingerprint density at radius 3 is 2.10 bits per heavy atom. The molecule has 0 aliphatic heterocycles. The number of nitrogens with one attached hydrogen (secondary N) is 1. The minimum Gasteiger partial charge on any atom is -0.381 e. The Kier molecular flexibility index (Phi) is 1.39. The van der Waals surface area contributed by atoms with Crippen LogP contribution in [0.2, 0.25) is 0 Å². The van der Waals surface area contributed by atoms with Crippen LogP contribution in [0.5, 0.6) is 0 Å². The van der Waals surface area contributed by atoms with Gasteiger partial charge in [-0.25, -0.2) is 0 Å². The minimum absolute atomic E-state index is 0.0168. The van der Waals surface area contributed by atoms with Gasteiger partial charge < -0.3 is 5.73 Å². The molecule has 0 atom stereocenters. The number of aromatic nitrogens is 3. The van der Waals surface area contributed by atoms with E-state index < -0.39 is 0 Å². The Labute approximate surface area is 59.8 Å². The van der Waals surface area contributed by atoms with Crippen molar-refractivity contribution in [2.45, 2.75) is 26.2 Å². The lowest BCUT2D eigenvalue weighted by Crippen LogP contribution is -2.13. The van der Waals surface area contributed by atoms with Gasteiger partial charge in [0, 0.05) is 5.41 Å². The molecular weight excluding hydrogens is 128 g/mol. The van der Waals surface area contributed by atoms with E-state index in [1.165, 1.54) is 0 Å². The highest BCUT2D eigenvalue weighted by Gasteiger charge is 2.20. The van der Waals surface area contributed by atoms with Gasteiger partial charge in [-0.1, -0.05) is 20.8 Å². The lowest BCUT2D eigenvalue weighted by atomic mass is 9.92. The predicted octanol–water partition coefficient (Wildman–Crippen LogP) is 0.684. The lowest BCUT2D eigenvalue weighted by molar-refractivity contribution is 0.568. The van der Waals surface area contributed by atoms with Gasteiger partial charge in [0.2, 0.25) is 0 Å². The van der Waals surface area contributed by atoms with Gasteiger partial charge in [-0.05, 0) is 0 Å². The molecule has 0 bridgehead atoms. The monoisotopic (exact) mass is 140 g/mol. The van der Waals surface area contributed by atoms with Crippen LogP contribution < -0.4 is 5.73 Å². The number of nitrogen functional groups attached to an aromatic ring is 1. The van der Waals surface area contributed by atoms with Crippen LogP contribution in [0.25, 0.3) is 0 Å². The molecule has 1 rings (SSSR count). The number of nitrogens with zero attached hydrogens (tertiary/aromatic N) is 2. The lowest BCUT2D eigenvalue weighted by Gasteiger charge is -2.13. The summed E-state index contributed by atoms with van der Waals surface area (Å²) in [5.41, 5.74) is 6.33. The highest BCUT2D eigenvalue weighted by Crippen LogP contribution is 2.22. The van der Waals surface area contributed by atoms with Crippen molar-refractivity contribution in [2.24, 2.45) is 0 Å². The summed E-state index contributed by atoms with van der Waals surface area (Å²) in [6, 6.07) is 0. The number of nitrogens with two attached hydrogens (primary N) is 1. The number of hydrogen-bond acceptors (Lipinski definition) is 3. The maximum Gasteiger partial charge on any atom is 0.169 e. The first-order valence-electron chi connectivity index (χ1n) is 3.18. The molecule has 0 aliphatic rings. The van der Waals surface area contributed by atoms with Gasteiger partial charge in [0.15, 0.2) is 5.82 Å². The molecule has 56 valence electrons. The number of rotatable bonds is 0. The molecule has 1 aromatic rings. The molecule has 0 saturated carbocycles. The van der Waals surface area contributed by atoms with Crippen molar-refractivity contribution in [2.75, 3.05) is 5.73 Å². The summed E-state index contributed by atoms with van der Waals surface area (Å²) in [6.07, 6.45) is 0. The summed E-state index contributed by atoms with van der Waals surface area (Å²) in [7, 11) is 0.